The molecule has 11 heteroatoms. The van der Waals surface area contributed by atoms with E-state index in [0.29, 0.717) is 35.4 Å². The number of hydrogen-bond acceptors (Lipinski definition) is 8. The summed E-state index contributed by atoms with van der Waals surface area (Å²) in [5.74, 6) is 0.372. The lowest BCUT2D eigenvalue weighted by atomic mass is 9.86. The van der Waals surface area contributed by atoms with Gasteiger partial charge in [-0.25, -0.2) is 22.9 Å². The van der Waals surface area contributed by atoms with Crippen LogP contribution in [0.15, 0.2) is 82.1 Å². The molecule has 3 N–H and O–H groups in total. The van der Waals surface area contributed by atoms with Gasteiger partial charge in [0, 0.05) is 30.0 Å². The number of primary sulfonamides is 1. The number of aliphatic hydroxyl groups excluding tert-OH is 1. The first-order valence-corrected chi connectivity index (χ1v) is 13.8. The number of benzene rings is 3. The molecule has 0 aliphatic carbocycles. The van der Waals surface area contributed by atoms with Crippen molar-refractivity contribution in [2.24, 2.45) is 5.14 Å². The Morgan fingerprint density at radius 2 is 1.85 bits per heavy atom. The number of aromatic nitrogens is 1. The molecule has 2 saturated heterocycles. The summed E-state index contributed by atoms with van der Waals surface area (Å²) in [6, 6.07) is 19.6. The van der Waals surface area contributed by atoms with Crippen molar-refractivity contribution in [3.05, 3.63) is 90.1 Å². The number of oxazole rings is 1. The van der Waals surface area contributed by atoms with Crippen molar-refractivity contribution >= 4 is 10.0 Å². The van der Waals surface area contributed by atoms with Gasteiger partial charge >= 0.3 is 0 Å². The summed E-state index contributed by atoms with van der Waals surface area (Å²) >= 11 is 0. The number of aliphatic hydroxyl groups is 1. The van der Waals surface area contributed by atoms with E-state index in [-0.39, 0.29) is 29.7 Å². The summed E-state index contributed by atoms with van der Waals surface area (Å²) in [4.78, 5) is 4.60. The number of nitrogens with zero attached hydrogens (tertiary/aromatic N) is 1. The molecule has 202 valence electrons. The Hall–Kier alpha value is -3.61. The highest BCUT2D eigenvalue weighted by atomic mass is 32.2. The van der Waals surface area contributed by atoms with Crippen LogP contribution in [-0.4, -0.2) is 37.5 Å². The third kappa shape index (κ3) is 5.19. The summed E-state index contributed by atoms with van der Waals surface area (Å²) in [7, 11) is -3.85. The molecule has 3 heterocycles. The molecular weight excluding hydrogens is 527 g/mol. The lowest BCUT2D eigenvalue weighted by Crippen LogP contribution is -2.39. The van der Waals surface area contributed by atoms with Crippen molar-refractivity contribution in [3.8, 4) is 28.3 Å². The predicted octanol–water partition coefficient (Wildman–Crippen LogP) is 4.10. The number of fused-ring (bicyclic) bond motifs is 2. The van der Waals surface area contributed by atoms with E-state index in [1.165, 1.54) is 24.3 Å². The second kappa shape index (κ2) is 9.85. The maximum Gasteiger partial charge on any atom is 0.238 e. The van der Waals surface area contributed by atoms with E-state index in [9.17, 15) is 17.9 Å². The summed E-state index contributed by atoms with van der Waals surface area (Å²) in [5, 5.41) is 15.5. The van der Waals surface area contributed by atoms with Crippen LogP contribution in [0.25, 0.3) is 22.6 Å². The van der Waals surface area contributed by atoms with Crippen LogP contribution in [0, 0.1) is 5.82 Å². The van der Waals surface area contributed by atoms with E-state index < -0.39 is 33.8 Å². The third-order valence-electron chi connectivity index (χ3n) is 6.81. The van der Waals surface area contributed by atoms with Gasteiger partial charge in [0.25, 0.3) is 0 Å². The molecule has 2 bridgehead atoms. The van der Waals surface area contributed by atoms with Crippen LogP contribution < -0.4 is 9.88 Å². The van der Waals surface area contributed by atoms with Crippen molar-refractivity contribution in [1.29, 1.82) is 0 Å². The number of hydrogen-bond donors (Lipinski definition) is 2. The van der Waals surface area contributed by atoms with Gasteiger partial charge in [-0.15, -0.1) is 0 Å². The highest BCUT2D eigenvalue weighted by Crippen LogP contribution is 2.44. The quantitative estimate of drug-likeness (QED) is 0.350. The average Bonchev–Trinajstić information content (AvgIpc) is 3.48. The molecule has 3 aromatic carbocycles. The van der Waals surface area contributed by atoms with Crippen LogP contribution in [0.5, 0.6) is 5.75 Å². The van der Waals surface area contributed by atoms with E-state index >= 15 is 0 Å². The molecule has 9 nitrogen and oxygen atoms in total. The van der Waals surface area contributed by atoms with Gasteiger partial charge in [-0.2, -0.15) is 0 Å². The molecule has 0 unspecified atom stereocenters. The standard InChI is InChI=1S/C28H25FN2O7S/c29-20-10-19(28-14-21(32)13-25(38-28)36-16-28)11-22(12-20)35-15-24-31-26(17-4-2-1-3-5-17)27(37-24)18-6-8-23(9-7-18)39(30,33)34/h1-12,21,25,32H,13-16H2,(H2,30,33,34)/t21-,25-,28-/m1/s1. The number of sulfonamides is 1. The molecule has 2 aliphatic heterocycles. The predicted molar refractivity (Wildman–Crippen MR) is 137 cm³/mol. The largest absolute Gasteiger partial charge is 0.484 e. The molecular formula is C28H25FN2O7S. The zero-order chi connectivity index (χ0) is 27.2. The Morgan fingerprint density at radius 1 is 1.08 bits per heavy atom. The monoisotopic (exact) mass is 552 g/mol. The molecule has 0 amide bonds. The Kier molecular flexibility index (Phi) is 6.48. The van der Waals surface area contributed by atoms with E-state index in [1.807, 2.05) is 30.3 Å². The maximum absolute atomic E-state index is 14.6. The van der Waals surface area contributed by atoms with Crippen LogP contribution >= 0.6 is 0 Å². The summed E-state index contributed by atoms with van der Waals surface area (Å²) in [6.45, 7) is 0.110. The molecule has 6 rings (SSSR count). The van der Waals surface area contributed by atoms with Crippen molar-refractivity contribution in [1.82, 2.24) is 4.98 Å². The molecule has 0 saturated carbocycles. The molecule has 3 atom stereocenters. The Morgan fingerprint density at radius 3 is 2.59 bits per heavy atom. The van der Waals surface area contributed by atoms with E-state index in [1.54, 1.807) is 18.2 Å². The fourth-order valence-corrected chi connectivity index (χ4v) is 5.50. The first-order chi connectivity index (χ1) is 18.7. The van der Waals surface area contributed by atoms with Crippen LogP contribution in [0.4, 0.5) is 4.39 Å². The van der Waals surface area contributed by atoms with Crippen molar-refractivity contribution in [2.75, 3.05) is 6.61 Å². The van der Waals surface area contributed by atoms with Gasteiger partial charge in [0.05, 0.1) is 17.6 Å². The zero-order valence-corrected chi connectivity index (χ0v) is 21.4. The number of rotatable bonds is 7. The molecule has 4 aromatic rings. The third-order valence-corrected chi connectivity index (χ3v) is 7.74. The number of ether oxygens (including phenoxy) is 3. The van der Waals surface area contributed by atoms with E-state index in [4.69, 9.17) is 23.8 Å². The fraction of sp³-hybridized carbons (Fsp3) is 0.250. The number of nitrogens with two attached hydrogens (primary N) is 1. The second-order valence-electron chi connectivity index (χ2n) is 9.63. The normalized spacial score (nSPS) is 22.6. The van der Waals surface area contributed by atoms with Gasteiger partial charge < -0.3 is 23.7 Å². The van der Waals surface area contributed by atoms with Gasteiger partial charge in [0.2, 0.25) is 15.9 Å². The molecule has 0 spiro atoms. The molecule has 1 aromatic heterocycles. The van der Waals surface area contributed by atoms with Gasteiger partial charge in [-0.1, -0.05) is 30.3 Å². The van der Waals surface area contributed by atoms with Gasteiger partial charge in [-0.3, -0.25) is 0 Å². The lowest BCUT2D eigenvalue weighted by Gasteiger charge is -2.34. The molecule has 39 heavy (non-hydrogen) atoms. The first-order valence-electron chi connectivity index (χ1n) is 12.3. The molecule has 0 radical (unpaired) electrons. The zero-order valence-electron chi connectivity index (χ0n) is 20.6. The minimum Gasteiger partial charge on any atom is -0.484 e. The van der Waals surface area contributed by atoms with Crippen molar-refractivity contribution in [2.45, 2.75) is 42.3 Å². The topological polar surface area (TPSA) is 134 Å². The van der Waals surface area contributed by atoms with Crippen LogP contribution in [-0.2, 0) is 31.7 Å². The lowest BCUT2D eigenvalue weighted by molar-refractivity contribution is -0.156. The van der Waals surface area contributed by atoms with Gasteiger partial charge in [0.1, 0.15) is 22.9 Å². The maximum atomic E-state index is 14.6. The summed E-state index contributed by atoms with van der Waals surface area (Å²) < 4.78 is 61.5. The van der Waals surface area contributed by atoms with Crippen LogP contribution in [0.3, 0.4) is 0 Å². The SMILES string of the molecule is NS(=O)(=O)c1ccc(-c2oc(COc3cc(F)cc([C@]45CO[C@@H](C[C@@H](O)C4)O5)c3)nc2-c2ccccc2)cc1. The van der Waals surface area contributed by atoms with Crippen molar-refractivity contribution in [3.63, 3.8) is 0 Å². The van der Waals surface area contributed by atoms with Gasteiger partial charge in [0.15, 0.2) is 18.7 Å². The first kappa shape index (κ1) is 25.7. The average molecular weight is 553 g/mol. The fourth-order valence-electron chi connectivity index (χ4n) is 4.99. The Labute approximate surface area is 224 Å². The summed E-state index contributed by atoms with van der Waals surface area (Å²) in [6.07, 6.45) is -0.468. The Bertz CT molecular complexity index is 1610. The second-order valence-corrected chi connectivity index (χ2v) is 11.2. The van der Waals surface area contributed by atoms with E-state index in [2.05, 4.69) is 4.98 Å². The minimum atomic E-state index is -3.85. The van der Waals surface area contributed by atoms with Crippen LogP contribution in [0.1, 0.15) is 24.3 Å². The summed E-state index contributed by atoms with van der Waals surface area (Å²) in [5.41, 5.74) is 1.49. The minimum absolute atomic E-state index is 0.0228. The molecule has 2 fully saturated rings. The van der Waals surface area contributed by atoms with Gasteiger partial charge in [-0.05, 0) is 42.0 Å². The highest BCUT2D eigenvalue weighted by molar-refractivity contribution is 7.89. The smallest absolute Gasteiger partial charge is 0.238 e. The van der Waals surface area contributed by atoms with Crippen molar-refractivity contribution < 1.29 is 36.5 Å². The number of halogens is 1. The van der Waals surface area contributed by atoms with E-state index in [0.717, 1.165) is 5.56 Å². The van der Waals surface area contributed by atoms with Crippen LogP contribution in [0.2, 0.25) is 0 Å². The Balaban J connectivity index is 1.29. The highest BCUT2D eigenvalue weighted by Gasteiger charge is 2.49. The molecule has 2 aliphatic rings.